The average molecular weight is 365 g/mol. The minimum atomic E-state index is 0.0909. The van der Waals surface area contributed by atoms with Crippen LogP contribution in [0.25, 0.3) is 11.0 Å². The van der Waals surface area contributed by atoms with Crippen molar-refractivity contribution in [2.24, 2.45) is 7.05 Å². The normalized spacial score (nSPS) is 17.2. The zero-order valence-corrected chi connectivity index (χ0v) is 14.6. The topological polar surface area (TPSA) is 41.4 Å². The first-order chi connectivity index (χ1) is 10.6. The maximum atomic E-state index is 11.8. The van der Waals surface area contributed by atoms with Gasteiger partial charge in [0, 0.05) is 38.8 Å². The fraction of sp³-hybridized carbons (Fsp3) is 0.500. The third-order valence-corrected chi connectivity index (χ3v) is 4.89. The zero-order valence-electron chi connectivity index (χ0n) is 13.0. The lowest BCUT2D eigenvalue weighted by Crippen LogP contribution is -2.44. The summed E-state index contributed by atoms with van der Waals surface area (Å²) >= 11 is 3.22. The van der Waals surface area contributed by atoms with Crippen LogP contribution >= 0.6 is 15.9 Å². The van der Waals surface area contributed by atoms with Crippen molar-refractivity contribution in [3.8, 4) is 0 Å². The van der Waals surface area contributed by atoms with Crippen LogP contribution < -0.4 is 0 Å². The van der Waals surface area contributed by atoms with Gasteiger partial charge in [0.25, 0.3) is 0 Å². The highest BCUT2D eigenvalue weighted by molar-refractivity contribution is 9.09. The van der Waals surface area contributed by atoms with E-state index >= 15 is 0 Å². The van der Waals surface area contributed by atoms with Gasteiger partial charge in [-0.3, -0.25) is 9.69 Å². The Balaban J connectivity index is 1.84. The average Bonchev–Trinajstić information content (AvgIpc) is 2.84. The summed E-state index contributed by atoms with van der Waals surface area (Å²) in [6.07, 6.45) is 0. The number of benzene rings is 1. The predicted octanol–water partition coefficient (Wildman–Crippen LogP) is 1.90. The first kappa shape index (κ1) is 15.6. The Kier molecular flexibility index (Phi) is 4.61. The summed E-state index contributed by atoms with van der Waals surface area (Å²) in [4.78, 5) is 21.3. The van der Waals surface area contributed by atoms with Crippen molar-refractivity contribution in [1.29, 1.82) is 0 Å². The number of likely N-dealkylation sites (N-methyl/N-ethyl adjacent to an activating group) is 1. The van der Waals surface area contributed by atoms with E-state index in [-0.39, 0.29) is 5.78 Å². The highest BCUT2D eigenvalue weighted by Gasteiger charge is 2.17. The number of aryl methyl sites for hydroxylation is 1. The Morgan fingerprint density at radius 3 is 2.64 bits per heavy atom. The first-order valence-corrected chi connectivity index (χ1v) is 8.66. The summed E-state index contributed by atoms with van der Waals surface area (Å²) in [7, 11) is 4.21. The quantitative estimate of drug-likeness (QED) is 0.613. The van der Waals surface area contributed by atoms with E-state index in [9.17, 15) is 4.79 Å². The lowest BCUT2D eigenvalue weighted by atomic mass is 10.1. The number of rotatable bonds is 4. The molecule has 22 heavy (non-hydrogen) atoms. The van der Waals surface area contributed by atoms with E-state index in [1.54, 1.807) is 0 Å². The molecule has 118 valence electrons. The molecule has 0 aliphatic carbocycles. The Bertz CT molecular complexity index is 689. The third kappa shape index (κ3) is 3.09. The number of hydrogen-bond acceptors (Lipinski definition) is 4. The molecular weight excluding hydrogens is 344 g/mol. The van der Waals surface area contributed by atoms with Gasteiger partial charge in [-0.15, -0.1) is 0 Å². The van der Waals surface area contributed by atoms with Crippen LogP contribution in [-0.4, -0.2) is 63.7 Å². The molecule has 0 saturated carbocycles. The minimum absolute atomic E-state index is 0.0909. The number of piperazine rings is 1. The van der Waals surface area contributed by atoms with Gasteiger partial charge in [-0.2, -0.15) is 0 Å². The molecule has 1 aliphatic heterocycles. The molecule has 0 bridgehead atoms. The number of imidazole rings is 1. The summed E-state index contributed by atoms with van der Waals surface area (Å²) < 4.78 is 2.13. The Morgan fingerprint density at radius 1 is 1.23 bits per heavy atom. The zero-order chi connectivity index (χ0) is 15.7. The van der Waals surface area contributed by atoms with E-state index in [1.165, 1.54) is 0 Å². The number of hydrogen-bond donors (Lipinski definition) is 0. The molecule has 1 fully saturated rings. The largest absolute Gasteiger partial charge is 0.330 e. The molecule has 0 atom stereocenters. The van der Waals surface area contributed by atoms with Crippen molar-refractivity contribution in [2.75, 3.05) is 38.6 Å². The van der Waals surface area contributed by atoms with Crippen LogP contribution in [0.1, 0.15) is 16.2 Å². The van der Waals surface area contributed by atoms with Crippen LogP contribution in [0.4, 0.5) is 0 Å². The summed E-state index contributed by atoms with van der Waals surface area (Å²) in [6.45, 7) is 5.22. The minimum Gasteiger partial charge on any atom is -0.330 e. The molecule has 6 heteroatoms. The summed E-state index contributed by atoms with van der Waals surface area (Å²) in [5.74, 6) is 1.15. The summed E-state index contributed by atoms with van der Waals surface area (Å²) in [5.41, 5.74) is 2.70. The predicted molar refractivity (Wildman–Crippen MR) is 91.6 cm³/mol. The van der Waals surface area contributed by atoms with Crippen LogP contribution in [0.2, 0.25) is 0 Å². The SMILES string of the molecule is CN1CCN(Cc2nc3cc(C(=O)CBr)ccc3n2C)CC1. The van der Waals surface area contributed by atoms with E-state index in [4.69, 9.17) is 4.98 Å². The van der Waals surface area contributed by atoms with Gasteiger partial charge >= 0.3 is 0 Å². The second-order valence-corrected chi connectivity index (χ2v) is 6.49. The van der Waals surface area contributed by atoms with Gasteiger partial charge < -0.3 is 9.47 Å². The number of fused-ring (bicyclic) bond motifs is 1. The molecule has 1 aliphatic rings. The Morgan fingerprint density at radius 2 is 1.95 bits per heavy atom. The van der Waals surface area contributed by atoms with Crippen molar-refractivity contribution in [1.82, 2.24) is 19.4 Å². The van der Waals surface area contributed by atoms with E-state index in [0.29, 0.717) is 10.9 Å². The van der Waals surface area contributed by atoms with Crippen LogP contribution in [-0.2, 0) is 13.6 Å². The van der Waals surface area contributed by atoms with Crippen LogP contribution in [0.5, 0.6) is 0 Å². The molecule has 2 heterocycles. The van der Waals surface area contributed by atoms with Crippen molar-refractivity contribution in [3.05, 3.63) is 29.6 Å². The maximum Gasteiger partial charge on any atom is 0.173 e. The van der Waals surface area contributed by atoms with Gasteiger partial charge in [0.1, 0.15) is 5.82 Å². The third-order valence-electron chi connectivity index (χ3n) is 4.38. The van der Waals surface area contributed by atoms with Gasteiger partial charge in [0.2, 0.25) is 0 Å². The highest BCUT2D eigenvalue weighted by Crippen LogP contribution is 2.19. The van der Waals surface area contributed by atoms with E-state index < -0.39 is 0 Å². The van der Waals surface area contributed by atoms with E-state index in [0.717, 1.165) is 49.6 Å². The van der Waals surface area contributed by atoms with Gasteiger partial charge in [0.15, 0.2) is 5.78 Å². The number of nitrogens with zero attached hydrogens (tertiary/aromatic N) is 4. The second kappa shape index (κ2) is 6.48. The van der Waals surface area contributed by atoms with Crippen molar-refractivity contribution >= 4 is 32.7 Å². The summed E-state index contributed by atoms with van der Waals surface area (Å²) in [6, 6.07) is 5.77. The number of ketones is 1. The van der Waals surface area contributed by atoms with Crippen molar-refractivity contribution in [3.63, 3.8) is 0 Å². The number of carbonyl (C=O) groups excluding carboxylic acids is 1. The van der Waals surface area contributed by atoms with E-state index in [1.807, 2.05) is 25.2 Å². The molecule has 0 unspecified atom stereocenters. The fourth-order valence-electron chi connectivity index (χ4n) is 2.85. The monoisotopic (exact) mass is 364 g/mol. The molecule has 5 nitrogen and oxygen atoms in total. The van der Waals surface area contributed by atoms with Gasteiger partial charge in [-0.1, -0.05) is 15.9 Å². The molecule has 0 spiro atoms. The standard InChI is InChI=1S/C16H21BrN4O/c1-19-5-7-21(8-6-19)11-16-18-13-9-12(15(22)10-17)3-4-14(13)20(16)2/h3-4,9H,5-8,10-11H2,1-2H3. The number of halogens is 1. The molecular formula is C16H21BrN4O. The molecule has 0 N–H and O–H groups in total. The first-order valence-electron chi connectivity index (χ1n) is 7.54. The maximum absolute atomic E-state index is 11.8. The second-order valence-electron chi connectivity index (χ2n) is 5.93. The number of aromatic nitrogens is 2. The van der Waals surface area contributed by atoms with E-state index in [2.05, 4.69) is 37.3 Å². The molecule has 1 aromatic carbocycles. The molecule has 1 saturated heterocycles. The smallest absolute Gasteiger partial charge is 0.173 e. The van der Waals surface area contributed by atoms with Crippen LogP contribution in [0.15, 0.2) is 18.2 Å². The summed E-state index contributed by atoms with van der Waals surface area (Å²) in [5, 5.41) is 0.347. The number of carbonyl (C=O) groups is 1. The molecule has 3 rings (SSSR count). The van der Waals surface area contributed by atoms with Gasteiger partial charge in [-0.05, 0) is 25.2 Å². The van der Waals surface area contributed by atoms with Gasteiger partial charge in [0.05, 0.1) is 22.9 Å². The molecule has 0 radical (unpaired) electrons. The lowest BCUT2D eigenvalue weighted by Gasteiger charge is -2.31. The highest BCUT2D eigenvalue weighted by atomic mass is 79.9. The van der Waals surface area contributed by atoms with Crippen LogP contribution in [0.3, 0.4) is 0 Å². The van der Waals surface area contributed by atoms with Crippen LogP contribution in [0, 0.1) is 0 Å². The fourth-order valence-corrected chi connectivity index (χ4v) is 3.17. The van der Waals surface area contributed by atoms with Crippen molar-refractivity contribution < 1.29 is 4.79 Å². The number of alkyl halides is 1. The lowest BCUT2D eigenvalue weighted by molar-refractivity contribution is 0.102. The molecule has 2 aromatic rings. The van der Waals surface area contributed by atoms with Gasteiger partial charge in [-0.25, -0.2) is 4.98 Å². The Hall–Kier alpha value is -1.24. The molecule has 1 aromatic heterocycles. The Labute approximate surface area is 139 Å². The number of Topliss-reactive ketones (excluding diaryl/α,β-unsaturated/α-hetero) is 1. The van der Waals surface area contributed by atoms with Crippen molar-refractivity contribution in [2.45, 2.75) is 6.54 Å². The molecule has 0 amide bonds.